The lowest BCUT2D eigenvalue weighted by Crippen LogP contribution is -2.10. The van der Waals surface area contributed by atoms with Crippen molar-refractivity contribution in [1.82, 2.24) is 4.98 Å². The van der Waals surface area contributed by atoms with Gasteiger partial charge in [0, 0.05) is 0 Å². The van der Waals surface area contributed by atoms with Crippen molar-refractivity contribution in [3.05, 3.63) is 36.9 Å². The van der Waals surface area contributed by atoms with Crippen LogP contribution in [0.25, 0.3) is 10.2 Å². The number of hydrogen-bond acceptors (Lipinski definition) is 3. The van der Waals surface area contributed by atoms with Crippen LogP contribution in [-0.2, 0) is 0 Å². The van der Waals surface area contributed by atoms with Crippen LogP contribution in [0.15, 0.2) is 36.9 Å². The molecule has 0 amide bonds. The minimum atomic E-state index is 0.0607. The zero-order valence-corrected chi connectivity index (χ0v) is 9.46. The highest BCUT2D eigenvalue weighted by Gasteiger charge is 2.07. The Labute approximate surface area is 93.2 Å². The van der Waals surface area contributed by atoms with Crippen LogP contribution in [0.4, 0.5) is 0 Å². The van der Waals surface area contributed by atoms with Gasteiger partial charge in [-0.3, -0.25) is 0 Å². The minimum absolute atomic E-state index is 0.0607. The molecule has 3 heteroatoms. The van der Waals surface area contributed by atoms with Gasteiger partial charge in [-0.05, 0) is 18.6 Å². The van der Waals surface area contributed by atoms with E-state index in [0.717, 1.165) is 21.8 Å². The lowest BCUT2D eigenvalue weighted by molar-refractivity contribution is 0.245. The summed E-state index contributed by atoms with van der Waals surface area (Å²) < 4.78 is 6.85. The van der Waals surface area contributed by atoms with Gasteiger partial charge < -0.3 is 4.74 Å². The summed E-state index contributed by atoms with van der Waals surface area (Å²) >= 11 is 1.58. The first-order chi connectivity index (χ1) is 7.33. The van der Waals surface area contributed by atoms with Gasteiger partial charge >= 0.3 is 0 Å². The second kappa shape index (κ2) is 4.45. The predicted octanol–water partition coefficient (Wildman–Crippen LogP) is 3.64. The lowest BCUT2D eigenvalue weighted by atomic mass is 10.3. The molecule has 0 aliphatic rings. The van der Waals surface area contributed by atoms with E-state index in [-0.39, 0.29) is 6.10 Å². The largest absolute Gasteiger partial charge is 0.462 e. The molecular formula is C12H13NOS. The van der Waals surface area contributed by atoms with E-state index in [0.29, 0.717) is 0 Å². The smallest absolute Gasteiger partial charge is 0.274 e. The monoisotopic (exact) mass is 219 g/mol. The van der Waals surface area contributed by atoms with Crippen molar-refractivity contribution in [2.45, 2.75) is 19.4 Å². The van der Waals surface area contributed by atoms with Gasteiger partial charge in [0.15, 0.2) is 0 Å². The lowest BCUT2D eigenvalue weighted by Gasteiger charge is -2.09. The van der Waals surface area contributed by atoms with Gasteiger partial charge in [0.25, 0.3) is 5.19 Å². The highest BCUT2D eigenvalue weighted by Crippen LogP contribution is 2.28. The van der Waals surface area contributed by atoms with E-state index in [1.807, 2.05) is 24.3 Å². The molecule has 0 radical (unpaired) electrons. The number of thiazole rings is 1. The maximum absolute atomic E-state index is 5.69. The Morgan fingerprint density at radius 3 is 3.00 bits per heavy atom. The SMILES string of the molecule is C=C[C@@H](CC)Oc1nc2ccccc2s1. The molecule has 1 heterocycles. The normalized spacial score (nSPS) is 12.6. The number of para-hydroxylation sites is 1. The van der Waals surface area contributed by atoms with Crippen LogP contribution in [0, 0.1) is 0 Å². The maximum Gasteiger partial charge on any atom is 0.274 e. The number of rotatable bonds is 4. The first-order valence-electron chi connectivity index (χ1n) is 4.98. The van der Waals surface area contributed by atoms with Crippen molar-refractivity contribution < 1.29 is 4.74 Å². The number of hydrogen-bond donors (Lipinski definition) is 0. The summed E-state index contributed by atoms with van der Waals surface area (Å²) in [6.45, 7) is 5.80. The minimum Gasteiger partial charge on any atom is -0.462 e. The third kappa shape index (κ3) is 2.18. The Morgan fingerprint density at radius 2 is 2.33 bits per heavy atom. The van der Waals surface area contributed by atoms with E-state index >= 15 is 0 Å². The standard InChI is InChI=1S/C12H13NOS/c1-3-9(4-2)14-12-13-10-7-5-6-8-11(10)15-12/h3,5-9H,1,4H2,2H3/t9-/m0/s1. The summed E-state index contributed by atoms with van der Waals surface area (Å²) in [7, 11) is 0. The van der Waals surface area contributed by atoms with Crippen LogP contribution in [0.2, 0.25) is 0 Å². The molecule has 0 saturated heterocycles. The molecule has 0 fully saturated rings. The second-order valence-corrected chi connectivity index (χ2v) is 4.24. The van der Waals surface area contributed by atoms with E-state index in [9.17, 15) is 0 Å². The number of ether oxygens (including phenoxy) is 1. The molecule has 2 aromatic rings. The summed E-state index contributed by atoms with van der Waals surface area (Å²) in [4.78, 5) is 4.40. The predicted molar refractivity (Wildman–Crippen MR) is 64.5 cm³/mol. The Bertz CT molecular complexity index is 430. The van der Waals surface area contributed by atoms with E-state index < -0.39 is 0 Å². The summed E-state index contributed by atoms with van der Waals surface area (Å²) in [6.07, 6.45) is 2.79. The van der Waals surface area contributed by atoms with E-state index in [2.05, 4.69) is 24.6 Å². The molecule has 0 saturated carbocycles. The maximum atomic E-state index is 5.69. The van der Waals surface area contributed by atoms with Gasteiger partial charge in [-0.25, -0.2) is 4.98 Å². The van der Waals surface area contributed by atoms with Gasteiger partial charge in [0.1, 0.15) is 6.10 Å². The van der Waals surface area contributed by atoms with Gasteiger partial charge in [0.05, 0.1) is 10.2 Å². The third-order valence-corrected chi connectivity index (χ3v) is 3.12. The quantitative estimate of drug-likeness (QED) is 0.732. The highest BCUT2D eigenvalue weighted by molar-refractivity contribution is 7.20. The van der Waals surface area contributed by atoms with Crippen LogP contribution < -0.4 is 4.74 Å². The van der Waals surface area contributed by atoms with E-state index in [1.165, 1.54) is 0 Å². The summed E-state index contributed by atoms with van der Waals surface area (Å²) in [5.74, 6) is 0. The third-order valence-electron chi connectivity index (χ3n) is 2.19. The Kier molecular flexibility index (Phi) is 3.02. The van der Waals surface area contributed by atoms with Crippen molar-refractivity contribution >= 4 is 21.6 Å². The number of benzene rings is 1. The molecule has 0 spiro atoms. The molecular weight excluding hydrogens is 206 g/mol. The topological polar surface area (TPSA) is 22.1 Å². The van der Waals surface area contributed by atoms with E-state index in [4.69, 9.17) is 4.74 Å². The van der Waals surface area contributed by atoms with Crippen molar-refractivity contribution in [2.24, 2.45) is 0 Å². The first-order valence-corrected chi connectivity index (χ1v) is 5.80. The van der Waals surface area contributed by atoms with Crippen molar-refractivity contribution in [3.8, 4) is 5.19 Å². The molecule has 1 aromatic heterocycles. The molecule has 78 valence electrons. The fourth-order valence-electron chi connectivity index (χ4n) is 1.33. The Hall–Kier alpha value is -1.35. The van der Waals surface area contributed by atoms with Crippen LogP contribution in [0.5, 0.6) is 5.19 Å². The highest BCUT2D eigenvalue weighted by atomic mass is 32.1. The van der Waals surface area contributed by atoms with Crippen LogP contribution >= 0.6 is 11.3 Å². The second-order valence-electron chi connectivity index (χ2n) is 3.25. The molecule has 1 aromatic carbocycles. The molecule has 0 N–H and O–H groups in total. The molecule has 2 rings (SSSR count). The zero-order chi connectivity index (χ0) is 10.7. The summed E-state index contributed by atoms with van der Waals surface area (Å²) in [5, 5.41) is 0.725. The molecule has 0 bridgehead atoms. The first kappa shape index (κ1) is 10.2. The average Bonchev–Trinajstić information content (AvgIpc) is 2.68. The van der Waals surface area contributed by atoms with Crippen molar-refractivity contribution in [3.63, 3.8) is 0 Å². The van der Waals surface area contributed by atoms with Gasteiger partial charge in [-0.2, -0.15) is 0 Å². The van der Waals surface area contributed by atoms with Crippen LogP contribution in [0.3, 0.4) is 0 Å². The average molecular weight is 219 g/mol. The Balaban J connectivity index is 2.25. The molecule has 2 nitrogen and oxygen atoms in total. The molecule has 0 unspecified atom stereocenters. The number of aromatic nitrogens is 1. The molecule has 1 atom stereocenters. The molecule has 0 aliphatic heterocycles. The molecule has 0 aliphatic carbocycles. The fourth-order valence-corrected chi connectivity index (χ4v) is 2.20. The van der Waals surface area contributed by atoms with Gasteiger partial charge in [-0.15, -0.1) is 0 Å². The Morgan fingerprint density at radius 1 is 1.53 bits per heavy atom. The van der Waals surface area contributed by atoms with Gasteiger partial charge in [-0.1, -0.05) is 43.0 Å². The zero-order valence-electron chi connectivity index (χ0n) is 8.64. The molecule has 15 heavy (non-hydrogen) atoms. The van der Waals surface area contributed by atoms with Gasteiger partial charge in [0.2, 0.25) is 0 Å². The van der Waals surface area contributed by atoms with Crippen molar-refractivity contribution in [1.29, 1.82) is 0 Å². The van der Waals surface area contributed by atoms with Crippen molar-refractivity contribution in [2.75, 3.05) is 0 Å². The summed E-state index contributed by atoms with van der Waals surface area (Å²) in [6, 6.07) is 8.04. The van der Waals surface area contributed by atoms with Crippen LogP contribution in [0.1, 0.15) is 13.3 Å². The fraction of sp³-hybridized carbons (Fsp3) is 0.250. The number of nitrogens with zero attached hydrogens (tertiary/aromatic N) is 1. The number of fused-ring (bicyclic) bond motifs is 1. The summed E-state index contributed by atoms with van der Waals surface area (Å²) in [5.41, 5.74) is 0.997. The van der Waals surface area contributed by atoms with Crippen LogP contribution in [-0.4, -0.2) is 11.1 Å². The van der Waals surface area contributed by atoms with E-state index in [1.54, 1.807) is 11.3 Å².